The fourth-order valence-electron chi connectivity index (χ4n) is 3.05. The first-order chi connectivity index (χ1) is 13.1. The Bertz CT molecular complexity index is 1000. The van der Waals surface area contributed by atoms with Crippen LogP contribution in [0.1, 0.15) is 22.6 Å². The van der Waals surface area contributed by atoms with E-state index in [1.165, 1.54) is 18.3 Å². The summed E-state index contributed by atoms with van der Waals surface area (Å²) >= 11 is 0. The Morgan fingerprint density at radius 1 is 0.926 bits per heavy atom. The summed E-state index contributed by atoms with van der Waals surface area (Å²) in [5.74, 6) is -0.0225. The molecule has 6 nitrogen and oxygen atoms in total. The summed E-state index contributed by atoms with van der Waals surface area (Å²) in [4.78, 5) is 12.9. The molecule has 0 bridgehead atoms. The first-order valence-corrected chi connectivity index (χ1v) is 8.34. The molecule has 1 amide bonds. The van der Waals surface area contributed by atoms with Crippen LogP contribution in [0.3, 0.4) is 0 Å². The Labute approximate surface area is 155 Å². The Hall–Kier alpha value is -3.80. The molecule has 4 rings (SSSR count). The van der Waals surface area contributed by atoms with Gasteiger partial charge in [-0.1, -0.05) is 36.4 Å². The fourth-order valence-corrected chi connectivity index (χ4v) is 3.05. The van der Waals surface area contributed by atoms with Crippen LogP contribution in [0, 0.1) is 0 Å². The summed E-state index contributed by atoms with van der Waals surface area (Å²) in [7, 11) is 0. The molecule has 1 heterocycles. The molecule has 0 radical (unpaired) electrons. The molecule has 134 valence electrons. The zero-order valence-electron chi connectivity index (χ0n) is 14.2. The number of hydrogen-bond acceptors (Lipinski definition) is 5. The molecule has 0 spiro atoms. The molecule has 0 unspecified atom stereocenters. The van der Waals surface area contributed by atoms with E-state index in [-0.39, 0.29) is 17.4 Å². The molecule has 0 aromatic heterocycles. The zero-order chi connectivity index (χ0) is 18.8. The quantitative estimate of drug-likeness (QED) is 0.379. The molecular formula is C21H16N2O4. The van der Waals surface area contributed by atoms with Crippen LogP contribution >= 0.6 is 0 Å². The van der Waals surface area contributed by atoms with Crippen molar-refractivity contribution < 1.29 is 19.7 Å². The minimum atomic E-state index is -0.545. The molecule has 3 N–H and O–H groups in total. The fraction of sp³-hybridized carbons (Fsp3) is 0.0476. The van der Waals surface area contributed by atoms with Crippen molar-refractivity contribution in [2.75, 3.05) is 0 Å². The first-order valence-electron chi connectivity index (χ1n) is 8.34. The maximum atomic E-state index is 12.9. The normalized spacial score (nSPS) is 12.9. The van der Waals surface area contributed by atoms with Gasteiger partial charge < -0.3 is 14.9 Å². The van der Waals surface area contributed by atoms with Gasteiger partial charge in [0, 0.05) is 11.1 Å². The molecule has 0 saturated heterocycles. The molecule has 0 atom stereocenters. The van der Waals surface area contributed by atoms with Gasteiger partial charge in [0.1, 0.15) is 11.5 Å². The Kier molecular flexibility index (Phi) is 4.22. The molecule has 0 fully saturated rings. The van der Waals surface area contributed by atoms with Crippen LogP contribution in [0.4, 0.5) is 0 Å². The number of hydrazone groups is 1. The van der Waals surface area contributed by atoms with Gasteiger partial charge in [0.15, 0.2) is 11.5 Å². The Balaban J connectivity index is 1.60. The summed E-state index contributed by atoms with van der Waals surface area (Å²) in [6.45, 7) is 0. The van der Waals surface area contributed by atoms with E-state index in [0.717, 1.165) is 11.1 Å². The summed E-state index contributed by atoms with van der Waals surface area (Å²) in [6.07, 6.45) is 1.40. The Morgan fingerprint density at radius 3 is 2.19 bits per heavy atom. The number of benzene rings is 3. The van der Waals surface area contributed by atoms with Crippen LogP contribution in [0.2, 0.25) is 0 Å². The topological polar surface area (TPSA) is 91.2 Å². The maximum Gasteiger partial charge on any atom is 0.252 e. The van der Waals surface area contributed by atoms with Crippen LogP contribution in [0.5, 0.6) is 23.0 Å². The zero-order valence-corrected chi connectivity index (χ0v) is 14.2. The van der Waals surface area contributed by atoms with E-state index in [1.807, 2.05) is 48.5 Å². The monoisotopic (exact) mass is 360 g/mol. The number of para-hydroxylation sites is 2. The lowest BCUT2D eigenvalue weighted by molar-refractivity contribution is -0.121. The van der Waals surface area contributed by atoms with E-state index in [1.54, 1.807) is 6.07 Å². The van der Waals surface area contributed by atoms with Crippen molar-refractivity contribution >= 4 is 12.1 Å². The third-order valence-electron chi connectivity index (χ3n) is 4.33. The number of nitrogens with zero attached hydrogens (tertiary/aromatic N) is 1. The number of phenolic OH excluding ortho intramolecular Hbond substituents is 2. The predicted molar refractivity (Wildman–Crippen MR) is 100 cm³/mol. The predicted octanol–water partition coefficient (Wildman–Crippen LogP) is 3.49. The molecule has 3 aromatic carbocycles. The molecule has 0 saturated carbocycles. The van der Waals surface area contributed by atoms with Crippen molar-refractivity contribution in [2.45, 2.75) is 5.92 Å². The van der Waals surface area contributed by atoms with Gasteiger partial charge in [0.25, 0.3) is 5.91 Å². The van der Waals surface area contributed by atoms with Crippen molar-refractivity contribution in [1.29, 1.82) is 0 Å². The molecule has 0 aliphatic carbocycles. The summed E-state index contributed by atoms with van der Waals surface area (Å²) < 4.78 is 5.89. The average molecular weight is 360 g/mol. The van der Waals surface area contributed by atoms with Gasteiger partial charge in [0.2, 0.25) is 0 Å². The van der Waals surface area contributed by atoms with Crippen molar-refractivity contribution in [1.82, 2.24) is 5.43 Å². The van der Waals surface area contributed by atoms with E-state index >= 15 is 0 Å². The van der Waals surface area contributed by atoms with E-state index < -0.39 is 5.92 Å². The van der Waals surface area contributed by atoms with Crippen molar-refractivity contribution in [3.8, 4) is 23.0 Å². The van der Waals surface area contributed by atoms with Gasteiger partial charge >= 0.3 is 0 Å². The lowest BCUT2D eigenvalue weighted by Crippen LogP contribution is -2.28. The number of amides is 1. The van der Waals surface area contributed by atoms with Gasteiger partial charge in [-0.3, -0.25) is 4.79 Å². The molecule has 1 aliphatic rings. The van der Waals surface area contributed by atoms with Crippen molar-refractivity contribution in [3.05, 3.63) is 83.4 Å². The SMILES string of the molecule is O=C(N/N=C\c1ccc(O)c(O)c1)C1c2ccccc2Oc2ccccc21. The number of carbonyl (C=O) groups excluding carboxylic acids is 1. The average Bonchev–Trinajstić information content (AvgIpc) is 2.68. The number of ether oxygens (including phenoxy) is 1. The van der Waals surface area contributed by atoms with Gasteiger partial charge in [-0.05, 0) is 35.9 Å². The van der Waals surface area contributed by atoms with Crippen LogP contribution < -0.4 is 10.2 Å². The van der Waals surface area contributed by atoms with Crippen LogP contribution in [0.15, 0.2) is 71.8 Å². The number of hydrogen-bond donors (Lipinski definition) is 3. The summed E-state index contributed by atoms with van der Waals surface area (Å²) in [5, 5.41) is 22.8. The van der Waals surface area contributed by atoms with Gasteiger partial charge in [-0.25, -0.2) is 5.43 Å². The molecule has 27 heavy (non-hydrogen) atoms. The maximum absolute atomic E-state index is 12.9. The highest BCUT2D eigenvalue weighted by atomic mass is 16.5. The number of phenols is 2. The summed E-state index contributed by atoms with van der Waals surface area (Å²) in [5.41, 5.74) is 4.63. The lowest BCUT2D eigenvalue weighted by Gasteiger charge is -2.26. The van der Waals surface area contributed by atoms with E-state index in [2.05, 4.69) is 10.5 Å². The largest absolute Gasteiger partial charge is 0.504 e. The second-order valence-corrected chi connectivity index (χ2v) is 6.09. The molecule has 6 heteroatoms. The van der Waals surface area contributed by atoms with Crippen molar-refractivity contribution in [2.24, 2.45) is 5.10 Å². The number of carbonyl (C=O) groups is 1. The number of rotatable bonds is 3. The number of nitrogens with one attached hydrogen (secondary N) is 1. The number of aromatic hydroxyl groups is 2. The van der Waals surface area contributed by atoms with Crippen LogP contribution in [-0.2, 0) is 4.79 Å². The highest BCUT2D eigenvalue weighted by Gasteiger charge is 2.32. The summed E-state index contributed by atoms with van der Waals surface area (Å²) in [6, 6.07) is 19.1. The van der Waals surface area contributed by atoms with Crippen molar-refractivity contribution in [3.63, 3.8) is 0 Å². The van der Waals surface area contributed by atoms with E-state index in [0.29, 0.717) is 17.1 Å². The van der Waals surface area contributed by atoms with E-state index in [4.69, 9.17) is 4.74 Å². The molecule has 1 aliphatic heterocycles. The highest BCUT2D eigenvalue weighted by molar-refractivity contribution is 5.90. The first kappa shape index (κ1) is 16.7. The Morgan fingerprint density at radius 2 is 1.56 bits per heavy atom. The third kappa shape index (κ3) is 3.20. The second kappa shape index (κ2) is 6.84. The highest BCUT2D eigenvalue weighted by Crippen LogP contribution is 2.43. The smallest absolute Gasteiger partial charge is 0.252 e. The third-order valence-corrected chi connectivity index (χ3v) is 4.33. The number of fused-ring (bicyclic) bond motifs is 2. The minimum absolute atomic E-state index is 0.216. The van der Waals surface area contributed by atoms with Gasteiger partial charge in [0.05, 0.1) is 12.1 Å². The van der Waals surface area contributed by atoms with Crippen LogP contribution in [0.25, 0.3) is 0 Å². The van der Waals surface area contributed by atoms with Crippen LogP contribution in [-0.4, -0.2) is 22.3 Å². The standard InChI is InChI=1S/C21H16N2O4/c24-16-10-9-13(11-17(16)25)12-22-23-21(26)20-14-5-1-3-7-18(14)27-19-8-4-2-6-15(19)20/h1-12,20,24-25H,(H,23,26)/b22-12-. The van der Waals surface area contributed by atoms with Gasteiger partial charge in [-0.15, -0.1) is 0 Å². The minimum Gasteiger partial charge on any atom is -0.504 e. The second-order valence-electron chi connectivity index (χ2n) is 6.09. The molecular weight excluding hydrogens is 344 g/mol. The lowest BCUT2D eigenvalue weighted by atomic mass is 9.87. The van der Waals surface area contributed by atoms with E-state index in [9.17, 15) is 15.0 Å². The molecule has 3 aromatic rings. The van der Waals surface area contributed by atoms with Gasteiger partial charge in [-0.2, -0.15) is 5.10 Å².